The van der Waals surface area contributed by atoms with Crippen molar-refractivity contribution in [3.8, 4) is 11.5 Å². The van der Waals surface area contributed by atoms with Crippen molar-refractivity contribution in [2.75, 3.05) is 119 Å². The molecule has 0 aromatic heterocycles. The summed E-state index contributed by atoms with van der Waals surface area (Å²) < 4.78 is 55.8. The molecule has 0 saturated heterocycles. The van der Waals surface area contributed by atoms with Crippen molar-refractivity contribution in [1.29, 1.82) is 0 Å². The maximum Gasteiger partial charge on any atom is 0.161 e. The molecule has 0 aliphatic heterocycles. The molecule has 1 rings (SSSR count). The Morgan fingerprint density at radius 1 is 0.357 bits per heavy atom. The van der Waals surface area contributed by atoms with Crippen molar-refractivity contribution in [2.45, 2.75) is 40.5 Å². The summed E-state index contributed by atoms with van der Waals surface area (Å²) in [4.78, 5) is 0. The standard InChI is InChI=1S/C32H58O10/c1-29(2)9-11-33-13-15-35-17-19-37-21-23-39-25-27-41-31-7-5-6-8-32(31)42-28-26-40-24-22-38-20-18-36-16-14-34-12-10-30(3)4/h5-8,29-30H,9-28H2,1-4H3. The van der Waals surface area contributed by atoms with E-state index >= 15 is 0 Å². The van der Waals surface area contributed by atoms with Crippen molar-refractivity contribution in [3.05, 3.63) is 24.3 Å². The van der Waals surface area contributed by atoms with Crippen LogP contribution in [0.1, 0.15) is 40.5 Å². The third-order valence-electron chi connectivity index (χ3n) is 5.73. The molecular formula is C32H58O10. The largest absolute Gasteiger partial charge is 0.487 e. The van der Waals surface area contributed by atoms with E-state index < -0.39 is 0 Å². The first-order valence-corrected chi connectivity index (χ1v) is 15.6. The highest BCUT2D eigenvalue weighted by atomic mass is 16.6. The van der Waals surface area contributed by atoms with Gasteiger partial charge in [0.05, 0.1) is 92.5 Å². The predicted octanol–water partition coefficient (Wildman–Crippen LogP) is 4.67. The highest BCUT2D eigenvalue weighted by Crippen LogP contribution is 2.26. The van der Waals surface area contributed by atoms with Gasteiger partial charge in [-0.25, -0.2) is 0 Å². The van der Waals surface area contributed by atoms with E-state index in [1.54, 1.807) is 0 Å². The minimum Gasteiger partial charge on any atom is -0.487 e. The maximum atomic E-state index is 5.83. The first-order valence-electron chi connectivity index (χ1n) is 15.6. The monoisotopic (exact) mass is 602 g/mol. The van der Waals surface area contributed by atoms with Gasteiger partial charge in [0.25, 0.3) is 0 Å². The molecule has 0 radical (unpaired) electrons. The molecule has 1 aromatic rings. The fourth-order valence-corrected chi connectivity index (χ4v) is 3.27. The SMILES string of the molecule is CC(C)CCOCCOCCOCCOCCOc1ccccc1OCCOCCOCCOCCOCCC(C)C. The van der Waals surface area contributed by atoms with Crippen LogP contribution >= 0.6 is 0 Å². The topological polar surface area (TPSA) is 92.3 Å². The average Bonchev–Trinajstić information content (AvgIpc) is 2.97. The third-order valence-corrected chi connectivity index (χ3v) is 5.73. The lowest BCUT2D eigenvalue weighted by Gasteiger charge is -2.13. The zero-order valence-corrected chi connectivity index (χ0v) is 26.7. The van der Waals surface area contributed by atoms with Crippen molar-refractivity contribution in [3.63, 3.8) is 0 Å². The van der Waals surface area contributed by atoms with Crippen LogP contribution in [0.15, 0.2) is 24.3 Å². The Labute approximate surface area is 254 Å². The van der Waals surface area contributed by atoms with Crippen molar-refractivity contribution >= 4 is 0 Å². The van der Waals surface area contributed by atoms with E-state index in [4.69, 9.17) is 47.4 Å². The zero-order chi connectivity index (χ0) is 30.4. The Balaban J connectivity index is 1.89. The van der Waals surface area contributed by atoms with Crippen LogP contribution in [0.3, 0.4) is 0 Å². The predicted molar refractivity (Wildman–Crippen MR) is 163 cm³/mol. The van der Waals surface area contributed by atoms with Gasteiger partial charge in [-0.15, -0.1) is 0 Å². The molecule has 0 saturated carbocycles. The van der Waals surface area contributed by atoms with E-state index in [0.717, 1.165) is 26.1 Å². The lowest BCUT2D eigenvalue weighted by Crippen LogP contribution is -2.15. The molecule has 0 bridgehead atoms. The number of hydrogen-bond acceptors (Lipinski definition) is 10. The lowest BCUT2D eigenvalue weighted by molar-refractivity contribution is -0.00617. The summed E-state index contributed by atoms with van der Waals surface area (Å²) in [5.74, 6) is 2.68. The summed E-state index contributed by atoms with van der Waals surface area (Å²) in [5, 5.41) is 0. The van der Waals surface area contributed by atoms with Crippen molar-refractivity contribution in [2.24, 2.45) is 11.8 Å². The second-order valence-corrected chi connectivity index (χ2v) is 10.4. The molecule has 10 nitrogen and oxygen atoms in total. The van der Waals surface area contributed by atoms with Crippen LogP contribution in [0.5, 0.6) is 11.5 Å². The number of ether oxygens (including phenoxy) is 10. The van der Waals surface area contributed by atoms with Crippen LogP contribution < -0.4 is 9.47 Å². The molecule has 0 atom stereocenters. The van der Waals surface area contributed by atoms with Gasteiger partial charge >= 0.3 is 0 Å². The lowest BCUT2D eigenvalue weighted by atomic mass is 10.1. The molecule has 246 valence electrons. The van der Waals surface area contributed by atoms with E-state index in [2.05, 4.69) is 27.7 Å². The van der Waals surface area contributed by atoms with Crippen LogP contribution in [0.25, 0.3) is 0 Å². The van der Waals surface area contributed by atoms with Crippen LogP contribution in [0.2, 0.25) is 0 Å². The number of para-hydroxylation sites is 2. The Morgan fingerprint density at radius 2 is 0.595 bits per heavy atom. The highest BCUT2D eigenvalue weighted by molar-refractivity contribution is 5.39. The van der Waals surface area contributed by atoms with Gasteiger partial charge in [-0.2, -0.15) is 0 Å². The number of benzene rings is 1. The molecular weight excluding hydrogens is 544 g/mol. The van der Waals surface area contributed by atoms with Crippen molar-refractivity contribution in [1.82, 2.24) is 0 Å². The Bertz CT molecular complexity index is 632. The first kappa shape index (κ1) is 38.5. The smallest absolute Gasteiger partial charge is 0.161 e. The number of rotatable bonds is 32. The molecule has 0 unspecified atom stereocenters. The summed E-state index contributed by atoms with van der Waals surface area (Å²) >= 11 is 0. The maximum absolute atomic E-state index is 5.83. The van der Waals surface area contributed by atoms with E-state index in [9.17, 15) is 0 Å². The fourth-order valence-electron chi connectivity index (χ4n) is 3.27. The van der Waals surface area contributed by atoms with Gasteiger partial charge in [-0.05, 0) is 36.8 Å². The summed E-state index contributed by atoms with van der Waals surface area (Å²) in [5.41, 5.74) is 0. The highest BCUT2D eigenvalue weighted by Gasteiger charge is 2.04. The van der Waals surface area contributed by atoms with E-state index in [-0.39, 0.29) is 0 Å². The normalized spacial score (nSPS) is 11.6. The summed E-state index contributed by atoms with van der Waals surface area (Å²) in [7, 11) is 0. The second-order valence-electron chi connectivity index (χ2n) is 10.4. The number of hydrogen-bond donors (Lipinski definition) is 0. The zero-order valence-electron chi connectivity index (χ0n) is 26.7. The van der Waals surface area contributed by atoms with Gasteiger partial charge in [0.1, 0.15) is 13.2 Å². The minimum absolute atomic E-state index is 0.420. The van der Waals surface area contributed by atoms with Crippen LogP contribution in [-0.4, -0.2) is 119 Å². The van der Waals surface area contributed by atoms with Gasteiger partial charge in [0.15, 0.2) is 11.5 Å². The van der Waals surface area contributed by atoms with E-state index in [0.29, 0.717) is 129 Å². The van der Waals surface area contributed by atoms with E-state index in [1.807, 2.05) is 24.3 Å². The first-order chi connectivity index (χ1) is 20.6. The third kappa shape index (κ3) is 26.2. The Kier molecular flexibility index (Phi) is 27.1. The molecule has 0 N–H and O–H groups in total. The Morgan fingerprint density at radius 3 is 0.857 bits per heavy atom. The molecule has 0 aliphatic carbocycles. The second kappa shape index (κ2) is 29.6. The molecule has 10 heteroatoms. The summed E-state index contributed by atoms with van der Waals surface area (Å²) in [6.45, 7) is 18.7. The quantitative estimate of drug-likeness (QED) is 0.108. The fraction of sp³-hybridized carbons (Fsp3) is 0.812. The Hall–Kier alpha value is -1.50. The molecule has 1 aromatic carbocycles. The van der Waals surface area contributed by atoms with Gasteiger partial charge < -0.3 is 47.4 Å². The van der Waals surface area contributed by atoms with Crippen molar-refractivity contribution < 1.29 is 47.4 Å². The van der Waals surface area contributed by atoms with Crippen LogP contribution in [0, 0.1) is 11.8 Å². The van der Waals surface area contributed by atoms with E-state index in [1.165, 1.54) is 0 Å². The van der Waals surface area contributed by atoms with Gasteiger partial charge in [0, 0.05) is 13.2 Å². The van der Waals surface area contributed by atoms with Crippen LogP contribution in [-0.2, 0) is 37.9 Å². The van der Waals surface area contributed by atoms with Crippen LogP contribution in [0.4, 0.5) is 0 Å². The summed E-state index contributed by atoms with van der Waals surface area (Å²) in [6, 6.07) is 7.58. The molecule has 0 spiro atoms. The molecule has 42 heavy (non-hydrogen) atoms. The molecule has 0 fully saturated rings. The minimum atomic E-state index is 0.420. The molecule has 0 amide bonds. The van der Waals surface area contributed by atoms with Gasteiger partial charge in [-0.3, -0.25) is 0 Å². The summed E-state index contributed by atoms with van der Waals surface area (Å²) in [6.07, 6.45) is 2.16. The molecule has 0 aliphatic rings. The molecule has 0 heterocycles. The van der Waals surface area contributed by atoms with Gasteiger partial charge in [-0.1, -0.05) is 39.8 Å². The average molecular weight is 603 g/mol. The van der Waals surface area contributed by atoms with Gasteiger partial charge in [0.2, 0.25) is 0 Å².